The van der Waals surface area contributed by atoms with Crippen LogP contribution in [-0.4, -0.2) is 35.5 Å². The normalized spacial score (nSPS) is 16.5. The summed E-state index contributed by atoms with van der Waals surface area (Å²) < 4.78 is 5.54. The minimum atomic E-state index is -0.177. The number of amides is 2. The number of hydrogen-bond donors (Lipinski definition) is 2. The van der Waals surface area contributed by atoms with E-state index >= 15 is 0 Å². The maximum atomic E-state index is 11.9. The zero-order valence-electron chi connectivity index (χ0n) is 12.3. The molecule has 3 heterocycles. The van der Waals surface area contributed by atoms with Crippen LogP contribution in [0.2, 0.25) is 0 Å². The number of nitrogens with zero attached hydrogens (tertiary/aromatic N) is 2. The van der Waals surface area contributed by atoms with Crippen LogP contribution in [0.3, 0.4) is 0 Å². The smallest absolute Gasteiger partial charge is 0.315 e. The van der Waals surface area contributed by atoms with E-state index in [1.807, 2.05) is 17.5 Å². The first-order chi connectivity index (χ1) is 10.8. The molecule has 22 heavy (non-hydrogen) atoms. The number of rotatable bonds is 6. The highest BCUT2D eigenvalue weighted by atomic mass is 32.1. The molecule has 3 rings (SSSR count). The Bertz CT molecular complexity index is 564. The molecule has 0 spiro atoms. The van der Waals surface area contributed by atoms with Crippen LogP contribution < -0.4 is 10.6 Å². The van der Waals surface area contributed by atoms with Crippen LogP contribution >= 0.6 is 11.3 Å². The molecule has 0 unspecified atom stereocenters. The van der Waals surface area contributed by atoms with Gasteiger partial charge in [-0.25, -0.2) is 9.78 Å². The second kappa shape index (κ2) is 7.42. The maximum absolute atomic E-state index is 11.9. The summed E-state index contributed by atoms with van der Waals surface area (Å²) >= 11 is 1.52. The first kappa shape index (κ1) is 15.1. The number of thiazole rings is 1. The van der Waals surface area contributed by atoms with Gasteiger partial charge in [0.15, 0.2) is 0 Å². The third-order valence-electron chi connectivity index (χ3n) is 3.82. The molecule has 2 aromatic heterocycles. The Morgan fingerprint density at radius 2 is 2.27 bits per heavy atom. The van der Waals surface area contributed by atoms with E-state index in [9.17, 15) is 4.79 Å². The molecule has 2 aromatic rings. The van der Waals surface area contributed by atoms with Crippen LogP contribution in [-0.2, 0) is 6.54 Å². The molecule has 1 fully saturated rings. The van der Waals surface area contributed by atoms with Crippen LogP contribution in [0.1, 0.15) is 30.3 Å². The highest BCUT2D eigenvalue weighted by Gasteiger charge is 2.25. The first-order valence-corrected chi connectivity index (χ1v) is 8.43. The van der Waals surface area contributed by atoms with Crippen molar-refractivity contribution in [3.63, 3.8) is 0 Å². The van der Waals surface area contributed by atoms with Crippen LogP contribution in [0.5, 0.6) is 0 Å². The van der Waals surface area contributed by atoms with Crippen molar-refractivity contribution in [1.29, 1.82) is 0 Å². The Balaban J connectivity index is 1.51. The lowest BCUT2D eigenvalue weighted by Gasteiger charge is -2.26. The number of nitrogens with one attached hydrogen (secondary N) is 2. The molecule has 1 atom stereocenters. The van der Waals surface area contributed by atoms with Crippen molar-refractivity contribution >= 4 is 17.4 Å². The molecule has 0 aliphatic carbocycles. The van der Waals surface area contributed by atoms with Gasteiger partial charge in [0.05, 0.1) is 30.1 Å². The van der Waals surface area contributed by atoms with Crippen molar-refractivity contribution in [1.82, 2.24) is 20.5 Å². The van der Waals surface area contributed by atoms with Crippen LogP contribution in [0, 0.1) is 0 Å². The number of carbonyl (C=O) groups excluding carboxylic acids is 1. The van der Waals surface area contributed by atoms with Crippen molar-refractivity contribution in [3.8, 4) is 0 Å². The van der Waals surface area contributed by atoms with E-state index in [-0.39, 0.29) is 12.1 Å². The molecule has 0 saturated carbocycles. The summed E-state index contributed by atoms with van der Waals surface area (Å²) in [7, 11) is 0. The third kappa shape index (κ3) is 3.86. The monoisotopic (exact) mass is 320 g/mol. The van der Waals surface area contributed by atoms with Crippen molar-refractivity contribution in [2.45, 2.75) is 25.4 Å². The molecule has 0 radical (unpaired) electrons. The van der Waals surface area contributed by atoms with Gasteiger partial charge in [-0.15, -0.1) is 11.3 Å². The van der Waals surface area contributed by atoms with Crippen LogP contribution in [0.15, 0.2) is 33.7 Å². The predicted molar refractivity (Wildman–Crippen MR) is 84.6 cm³/mol. The number of hydrogen-bond acceptors (Lipinski definition) is 5. The zero-order chi connectivity index (χ0) is 15.2. The number of furan rings is 1. The number of aromatic nitrogens is 1. The standard InChI is InChI=1S/C15H20N4O2S/c20-15(16-8-12-10-22-11-18-12)17-9-13(14-4-3-7-21-14)19-5-1-2-6-19/h3-4,7,10-11,13H,1-2,5-6,8-9H2,(H2,16,17,20)/t13-/m1/s1. The lowest BCUT2D eigenvalue weighted by molar-refractivity contribution is 0.203. The van der Waals surface area contributed by atoms with Crippen molar-refractivity contribution in [2.24, 2.45) is 0 Å². The van der Waals surface area contributed by atoms with E-state index in [0.29, 0.717) is 13.1 Å². The summed E-state index contributed by atoms with van der Waals surface area (Å²) in [6.45, 7) is 3.09. The van der Waals surface area contributed by atoms with E-state index < -0.39 is 0 Å². The lowest BCUT2D eigenvalue weighted by atomic mass is 10.2. The molecule has 7 heteroatoms. The molecule has 0 bridgehead atoms. The van der Waals surface area contributed by atoms with Crippen molar-refractivity contribution in [3.05, 3.63) is 40.7 Å². The fourth-order valence-corrected chi connectivity index (χ4v) is 3.25. The van der Waals surface area contributed by atoms with Gasteiger partial charge in [-0.3, -0.25) is 4.90 Å². The van der Waals surface area contributed by atoms with E-state index in [2.05, 4.69) is 20.5 Å². The SMILES string of the molecule is O=C(NCc1cscn1)NC[C@H](c1ccco1)N1CCCC1. The second-order valence-electron chi connectivity index (χ2n) is 5.32. The van der Waals surface area contributed by atoms with Gasteiger partial charge in [-0.1, -0.05) is 0 Å². The van der Waals surface area contributed by atoms with Gasteiger partial charge in [-0.2, -0.15) is 0 Å². The second-order valence-corrected chi connectivity index (χ2v) is 6.04. The highest BCUT2D eigenvalue weighted by Crippen LogP contribution is 2.24. The minimum absolute atomic E-state index is 0.0996. The van der Waals surface area contributed by atoms with E-state index in [1.165, 1.54) is 24.2 Å². The Hall–Kier alpha value is -1.86. The fourth-order valence-electron chi connectivity index (χ4n) is 2.69. The maximum Gasteiger partial charge on any atom is 0.315 e. The Morgan fingerprint density at radius 3 is 2.95 bits per heavy atom. The molecule has 1 aliphatic heterocycles. The van der Waals surface area contributed by atoms with Gasteiger partial charge in [0.25, 0.3) is 0 Å². The number of likely N-dealkylation sites (tertiary alicyclic amines) is 1. The van der Waals surface area contributed by atoms with Gasteiger partial charge in [0.2, 0.25) is 0 Å². The molecule has 0 aromatic carbocycles. The summed E-state index contributed by atoms with van der Waals surface area (Å²) in [6.07, 6.45) is 4.08. The Morgan fingerprint density at radius 1 is 1.41 bits per heavy atom. The lowest BCUT2D eigenvalue weighted by Crippen LogP contribution is -2.41. The van der Waals surface area contributed by atoms with Crippen LogP contribution in [0.4, 0.5) is 4.79 Å². The molecular formula is C15H20N4O2S. The molecule has 6 nitrogen and oxygen atoms in total. The predicted octanol–water partition coefficient (Wildman–Crippen LogP) is 2.37. The van der Waals surface area contributed by atoms with Crippen molar-refractivity contribution in [2.75, 3.05) is 19.6 Å². The molecule has 118 valence electrons. The topological polar surface area (TPSA) is 70.4 Å². The number of carbonyl (C=O) groups is 1. The highest BCUT2D eigenvalue weighted by molar-refractivity contribution is 7.07. The van der Waals surface area contributed by atoms with E-state index in [1.54, 1.807) is 11.8 Å². The van der Waals surface area contributed by atoms with Crippen molar-refractivity contribution < 1.29 is 9.21 Å². The summed E-state index contributed by atoms with van der Waals surface area (Å²) in [6, 6.07) is 3.78. The molecule has 2 N–H and O–H groups in total. The zero-order valence-corrected chi connectivity index (χ0v) is 13.1. The molecule has 2 amide bonds. The minimum Gasteiger partial charge on any atom is -0.468 e. The van der Waals surface area contributed by atoms with Gasteiger partial charge < -0.3 is 15.1 Å². The van der Waals surface area contributed by atoms with Gasteiger partial charge in [0, 0.05) is 11.9 Å². The van der Waals surface area contributed by atoms with E-state index in [0.717, 1.165) is 24.5 Å². The van der Waals surface area contributed by atoms with Gasteiger partial charge in [0.1, 0.15) is 5.76 Å². The average Bonchev–Trinajstić information content (AvgIpc) is 3.27. The fraction of sp³-hybridized carbons (Fsp3) is 0.467. The molecular weight excluding hydrogens is 300 g/mol. The van der Waals surface area contributed by atoms with Gasteiger partial charge >= 0.3 is 6.03 Å². The van der Waals surface area contributed by atoms with Gasteiger partial charge in [-0.05, 0) is 38.1 Å². The average molecular weight is 320 g/mol. The number of urea groups is 1. The van der Waals surface area contributed by atoms with E-state index in [4.69, 9.17) is 4.42 Å². The Labute approximate surface area is 133 Å². The third-order valence-corrected chi connectivity index (χ3v) is 4.46. The van der Waals surface area contributed by atoms with Crippen LogP contribution in [0.25, 0.3) is 0 Å². The first-order valence-electron chi connectivity index (χ1n) is 7.49. The summed E-state index contributed by atoms with van der Waals surface area (Å²) in [5, 5.41) is 7.68. The molecule has 1 aliphatic rings. The quantitative estimate of drug-likeness (QED) is 0.857. The largest absolute Gasteiger partial charge is 0.468 e. The molecule has 1 saturated heterocycles. The summed E-state index contributed by atoms with van der Waals surface area (Å²) in [5.41, 5.74) is 2.64. The summed E-state index contributed by atoms with van der Waals surface area (Å²) in [4.78, 5) is 18.4. The Kier molecular flexibility index (Phi) is 5.07. The summed E-state index contributed by atoms with van der Waals surface area (Å²) in [5.74, 6) is 0.904.